The largest absolute Gasteiger partial charge is 0.468 e. The van der Waals surface area contributed by atoms with Crippen LogP contribution in [0.1, 0.15) is 24.2 Å². The van der Waals surface area contributed by atoms with E-state index < -0.39 is 0 Å². The number of fused-ring (bicyclic) bond motifs is 1. The Labute approximate surface area is 142 Å². The zero-order valence-electron chi connectivity index (χ0n) is 13.8. The smallest absolute Gasteiger partial charge is 0.117 e. The molecule has 5 nitrogen and oxygen atoms in total. The zero-order valence-corrected chi connectivity index (χ0v) is 13.8. The molecule has 24 heavy (non-hydrogen) atoms. The van der Waals surface area contributed by atoms with E-state index in [2.05, 4.69) is 16.0 Å². The third kappa shape index (κ3) is 3.69. The molecule has 0 amide bonds. The van der Waals surface area contributed by atoms with Crippen LogP contribution in [0.5, 0.6) is 0 Å². The van der Waals surface area contributed by atoms with Crippen LogP contribution in [0.4, 0.5) is 0 Å². The second-order valence-electron chi connectivity index (χ2n) is 6.73. The lowest BCUT2D eigenvalue weighted by atomic mass is 10.1. The summed E-state index contributed by atoms with van der Waals surface area (Å²) in [5.74, 6) is 1.60. The Kier molecular flexibility index (Phi) is 4.92. The van der Waals surface area contributed by atoms with E-state index in [1.165, 1.54) is 5.56 Å². The first-order valence-corrected chi connectivity index (χ1v) is 8.73. The molecule has 0 spiro atoms. The van der Waals surface area contributed by atoms with Crippen LogP contribution in [0.3, 0.4) is 0 Å². The standard InChI is InChI=1S/C19H24N2O3/c1-2-17(23-8-1)12-21-7-9-24-19-11-16(10-18(19)21)14-22-13-15-3-5-20-6-4-15/h1-6,8,16,18-19H,7,9-14H2/t16-,18+,19+/m0/s1. The first kappa shape index (κ1) is 15.8. The Bertz CT molecular complexity index is 617. The first-order chi connectivity index (χ1) is 11.9. The topological polar surface area (TPSA) is 47.7 Å². The van der Waals surface area contributed by atoms with Gasteiger partial charge in [0.2, 0.25) is 0 Å². The van der Waals surface area contributed by atoms with Gasteiger partial charge in [0.15, 0.2) is 0 Å². The lowest BCUT2D eigenvalue weighted by Gasteiger charge is -2.37. The third-order valence-electron chi connectivity index (χ3n) is 5.06. The molecule has 2 fully saturated rings. The summed E-state index contributed by atoms with van der Waals surface area (Å²) in [6.45, 7) is 4.12. The molecule has 0 unspecified atom stereocenters. The second kappa shape index (κ2) is 7.47. The third-order valence-corrected chi connectivity index (χ3v) is 5.06. The van der Waals surface area contributed by atoms with E-state index in [9.17, 15) is 0 Å². The highest BCUT2D eigenvalue weighted by atomic mass is 16.5. The number of nitrogens with zero attached hydrogens (tertiary/aromatic N) is 2. The molecule has 128 valence electrons. The van der Waals surface area contributed by atoms with Gasteiger partial charge in [0, 0.05) is 31.6 Å². The van der Waals surface area contributed by atoms with Gasteiger partial charge in [0.1, 0.15) is 5.76 Å². The van der Waals surface area contributed by atoms with Gasteiger partial charge in [0.05, 0.1) is 32.1 Å². The van der Waals surface area contributed by atoms with E-state index in [4.69, 9.17) is 13.9 Å². The van der Waals surface area contributed by atoms with E-state index >= 15 is 0 Å². The Morgan fingerprint density at radius 1 is 1.21 bits per heavy atom. The van der Waals surface area contributed by atoms with Gasteiger partial charge < -0.3 is 13.9 Å². The lowest BCUT2D eigenvalue weighted by Crippen LogP contribution is -2.47. The average molecular weight is 328 g/mol. The monoisotopic (exact) mass is 328 g/mol. The van der Waals surface area contributed by atoms with Crippen LogP contribution < -0.4 is 0 Å². The van der Waals surface area contributed by atoms with Gasteiger partial charge in [-0.25, -0.2) is 0 Å². The summed E-state index contributed by atoms with van der Waals surface area (Å²) in [7, 11) is 0. The van der Waals surface area contributed by atoms with Crippen molar-refractivity contribution < 1.29 is 13.9 Å². The fourth-order valence-electron chi connectivity index (χ4n) is 3.88. The van der Waals surface area contributed by atoms with E-state index in [0.717, 1.165) is 44.9 Å². The Morgan fingerprint density at radius 2 is 2.12 bits per heavy atom. The maximum absolute atomic E-state index is 6.01. The van der Waals surface area contributed by atoms with Crippen LogP contribution in [-0.2, 0) is 22.6 Å². The number of pyridine rings is 1. The molecule has 1 saturated carbocycles. The number of rotatable bonds is 6. The minimum Gasteiger partial charge on any atom is -0.468 e. The number of hydrogen-bond acceptors (Lipinski definition) is 5. The summed E-state index contributed by atoms with van der Waals surface area (Å²) in [5, 5.41) is 0. The van der Waals surface area contributed by atoms with Gasteiger partial charge in [-0.1, -0.05) is 0 Å². The maximum Gasteiger partial charge on any atom is 0.117 e. The van der Waals surface area contributed by atoms with Crippen molar-refractivity contribution >= 4 is 0 Å². The van der Waals surface area contributed by atoms with Crippen molar-refractivity contribution in [1.29, 1.82) is 0 Å². The van der Waals surface area contributed by atoms with E-state index in [1.807, 2.05) is 30.6 Å². The van der Waals surface area contributed by atoms with Crippen molar-refractivity contribution in [2.45, 2.75) is 38.1 Å². The van der Waals surface area contributed by atoms with Crippen LogP contribution in [0, 0.1) is 5.92 Å². The van der Waals surface area contributed by atoms with Crippen molar-refractivity contribution in [3.8, 4) is 0 Å². The Morgan fingerprint density at radius 3 is 2.96 bits per heavy atom. The highest BCUT2D eigenvalue weighted by Crippen LogP contribution is 2.35. The second-order valence-corrected chi connectivity index (χ2v) is 6.73. The predicted octanol–water partition coefficient (Wildman–Crippen LogP) is 2.87. The number of hydrogen-bond donors (Lipinski definition) is 0. The molecule has 3 heterocycles. The molecular weight excluding hydrogens is 304 g/mol. The van der Waals surface area contributed by atoms with Gasteiger partial charge in [0.25, 0.3) is 0 Å². The molecule has 2 aromatic heterocycles. The van der Waals surface area contributed by atoms with Crippen LogP contribution >= 0.6 is 0 Å². The number of furan rings is 1. The Balaban J connectivity index is 1.29. The normalized spacial score (nSPS) is 27.2. The number of aromatic nitrogens is 1. The minimum absolute atomic E-state index is 0.336. The SMILES string of the molecule is c1coc(CN2CCO[C@@H]3C[C@@H](COCc4ccncc4)C[C@H]32)c1. The lowest BCUT2D eigenvalue weighted by molar-refractivity contribution is -0.0609. The molecule has 2 aliphatic rings. The minimum atomic E-state index is 0.336. The van der Waals surface area contributed by atoms with Crippen molar-refractivity contribution in [2.24, 2.45) is 5.92 Å². The zero-order chi connectivity index (χ0) is 16.2. The van der Waals surface area contributed by atoms with Gasteiger partial charge >= 0.3 is 0 Å². The molecular formula is C19H24N2O3. The molecule has 0 radical (unpaired) electrons. The summed E-state index contributed by atoms with van der Waals surface area (Å²) < 4.78 is 17.5. The van der Waals surface area contributed by atoms with Gasteiger partial charge in [-0.05, 0) is 48.6 Å². The van der Waals surface area contributed by atoms with Crippen LogP contribution in [0.25, 0.3) is 0 Å². The summed E-state index contributed by atoms with van der Waals surface area (Å²) in [6.07, 6.45) is 7.93. The predicted molar refractivity (Wildman–Crippen MR) is 89.3 cm³/mol. The molecule has 0 aromatic carbocycles. The van der Waals surface area contributed by atoms with Gasteiger partial charge in [-0.2, -0.15) is 0 Å². The molecule has 4 rings (SSSR count). The summed E-state index contributed by atoms with van der Waals surface area (Å²) >= 11 is 0. The van der Waals surface area contributed by atoms with Crippen LogP contribution in [0.15, 0.2) is 47.3 Å². The van der Waals surface area contributed by atoms with E-state index in [-0.39, 0.29) is 0 Å². The summed E-state index contributed by atoms with van der Waals surface area (Å²) in [5.41, 5.74) is 1.18. The van der Waals surface area contributed by atoms with Gasteiger partial charge in [-0.3, -0.25) is 9.88 Å². The highest BCUT2D eigenvalue weighted by molar-refractivity contribution is 5.08. The highest BCUT2D eigenvalue weighted by Gasteiger charge is 2.41. The van der Waals surface area contributed by atoms with Gasteiger partial charge in [-0.15, -0.1) is 0 Å². The van der Waals surface area contributed by atoms with E-state index in [0.29, 0.717) is 24.7 Å². The molecule has 0 bridgehead atoms. The first-order valence-electron chi connectivity index (χ1n) is 8.73. The maximum atomic E-state index is 6.01. The Hall–Kier alpha value is -1.69. The summed E-state index contributed by atoms with van der Waals surface area (Å²) in [6, 6.07) is 8.50. The molecule has 3 atom stereocenters. The number of morpholine rings is 1. The van der Waals surface area contributed by atoms with Crippen LogP contribution in [-0.4, -0.2) is 41.8 Å². The van der Waals surface area contributed by atoms with Crippen molar-refractivity contribution in [1.82, 2.24) is 9.88 Å². The molecule has 1 saturated heterocycles. The summed E-state index contributed by atoms with van der Waals surface area (Å²) in [4.78, 5) is 6.54. The molecule has 0 N–H and O–H groups in total. The average Bonchev–Trinajstić information content (AvgIpc) is 3.26. The van der Waals surface area contributed by atoms with Crippen LogP contribution in [0.2, 0.25) is 0 Å². The van der Waals surface area contributed by atoms with E-state index in [1.54, 1.807) is 6.26 Å². The fraction of sp³-hybridized carbons (Fsp3) is 0.526. The van der Waals surface area contributed by atoms with Crippen molar-refractivity contribution in [3.63, 3.8) is 0 Å². The molecule has 1 aliphatic carbocycles. The molecule has 1 aliphatic heterocycles. The van der Waals surface area contributed by atoms with Crippen molar-refractivity contribution in [2.75, 3.05) is 19.8 Å². The fourth-order valence-corrected chi connectivity index (χ4v) is 3.88. The molecule has 5 heteroatoms. The number of ether oxygens (including phenoxy) is 2. The van der Waals surface area contributed by atoms with Crippen molar-refractivity contribution in [3.05, 3.63) is 54.2 Å². The molecule has 2 aromatic rings. The quantitative estimate of drug-likeness (QED) is 0.816.